The van der Waals surface area contributed by atoms with E-state index in [1.807, 2.05) is 23.9 Å². The number of hydrogen-bond donors (Lipinski definition) is 1. The van der Waals surface area contributed by atoms with Gasteiger partial charge in [-0.3, -0.25) is 9.48 Å². The van der Waals surface area contributed by atoms with Gasteiger partial charge in [0.2, 0.25) is 0 Å². The fraction of sp³-hybridized carbons (Fsp3) is 0.444. The molecule has 0 radical (unpaired) electrons. The first kappa shape index (κ1) is 15.8. The van der Waals surface area contributed by atoms with Crippen molar-refractivity contribution in [3.8, 4) is 11.3 Å². The van der Waals surface area contributed by atoms with Crippen LogP contribution in [-0.2, 0) is 6.54 Å². The van der Waals surface area contributed by atoms with Gasteiger partial charge in [-0.2, -0.15) is 10.2 Å². The van der Waals surface area contributed by atoms with E-state index in [9.17, 15) is 4.79 Å². The Bertz CT molecular complexity index is 919. The van der Waals surface area contributed by atoms with Crippen molar-refractivity contribution < 1.29 is 4.79 Å². The van der Waals surface area contributed by atoms with Crippen molar-refractivity contribution in [2.45, 2.75) is 52.1 Å². The first-order chi connectivity index (χ1) is 12.2. The normalized spacial score (nSPS) is 15.1. The van der Waals surface area contributed by atoms with Crippen LogP contribution in [0.3, 0.4) is 0 Å². The Morgan fingerprint density at radius 2 is 2.16 bits per heavy atom. The van der Waals surface area contributed by atoms with Gasteiger partial charge in [0.1, 0.15) is 0 Å². The molecule has 3 heterocycles. The summed E-state index contributed by atoms with van der Waals surface area (Å²) in [6.45, 7) is 4.91. The predicted molar refractivity (Wildman–Crippen MR) is 94.3 cm³/mol. The number of carbonyl (C=O) groups is 1. The average molecular weight is 338 g/mol. The molecule has 4 rings (SSSR count). The topological polar surface area (TPSA) is 77.1 Å². The lowest BCUT2D eigenvalue weighted by molar-refractivity contribution is 0.0932. The summed E-state index contributed by atoms with van der Waals surface area (Å²) in [5.74, 6) is -0.121. The lowest BCUT2D eigenvalue weighted by atomic mass is 10.2. The van der Waals surface area contributed by atoms with Gasteiger partial charge in [-0.05, 0) is 32.8 Å². The van der Waals surface area contributed by atoms with Crippen molar-refractivity contribution in [3.63, 3.8) is 0 Å². The van der Waals surface area contributed by atoms with Crippen molar-refractivity contribution in [1.82, 2.24) is 29.7 Å². The van der Waals surface area contributed by atoms with Crippen LogP contribution in [0.5, 0.6) is 0 Å². The summed E-state index contributed by atoms with van der Waals surface area (Å²) in [4.78, 5) is 16.9. The molecule has 7 heteroatoms. The summed E-state index contributed by atoms with van der Waals surface area (Å²) >= 11 is 0. The summed E-state index contributed by atoms with van der Waals surface area (Å²) in [6, 6.07) is 3.92. The number of hydrogen-bond acceptors (Lipinski definition) is 4. The van der Waals surface area contributed by atoms with E-state index in [1.165, 1.54) is 12.8 Å². The first-order valence-electron chi connectivity index (χ1n) is 8.86. The highest BCUT2D eigenvalue weighted by atomic mass is 16.2. The van der Waals surface area contributed by atoms with E-state index in [2.05, 4.69) is 27.4 Å². The van der Waals surface area contributed by atoms with Crippen LogP contribution in [0.2, 0.25) is 0 Å². The van der Waals surface area contributed by atoms with Crippen molar-refractivity contribution in [3.05, 3.63) is 35.9 Å². The Hall–Kier alpha value is -2.70. The van der Waals surface area contributed by atoms with Gasteiger partial charge in [0.15, 0.2) is 11.3 Å². The van der Waals surface area contributed by atoms with Crippen LogP contribution in [0.15, 0.2) is 24.5 Å². The van der Waals surface area contributed by atoms with Gasteiger partial charge >= 0.3 is 0 Å². The van der Waals surface area contributed by atoms with Gasteiger partial charge in [0.25, 0.3) is 5.91 Å². The molecule has 3 aromatic heterocycles. The molecule has 1 aliphatic rings. The van der Waals surface area contributed by atoms with Crippen LogP contribution < -0.4 is 5.32 Å². The number of amides is 1. The van der Waals surface area contributed by atoms with E-state index in [0.717, 1.165) is 36.3 Å². The number of aryl methyl sites for hydroxylation is 1. The van der Waals surface area contributed by atoms with Crippen molar-refractivity contribution >= 4 is 11.6 Å². The van der Waals surface area contributed by atoms with E-state index in [1.54, 1.807) is 16.8 Å². The fourth-order valence-electron chi connectivity index (χ4n) is 3.56. The van der Waals surface area contributed by atoms with E-state index in [4.69, 9.17) is 0 Å². The van der Waals surface area contributed by atoms with Crippen LogP contribution >= 0.6 is 0 Å². The van der Waals surface area contributed by atoms with Crippen LogP contribution in [-0.4, -0.2) is 36.3 Å². The maximum absolute atomic E-state index is 12.5. The second-order valence-corrected chi connectivity index (χ2v) is 6.54. The van der Waals surface area contributed by atoms with E-state index in [-0.39, 0.29) is 11.9 Å². The second-order valence-electron chi connectivity index (χ2n) is 6.54. The van der Waals surface area contributed by atoms with Crippen LogP contribution in [0, 0.1) is 6.92 Å². The van der Waals surface area contributed by atoms with E-state index in [0.29, 0.717) is 11.3 Å². The first-order valence-corrected chi connectivity index (χ1v) is 8.86. The van der Waals surface area contributed by atoms with Crippen LogP contribution in [0.4, 0.5) is 0 Å². The third-order valence-corrected chi connectivity index (χ3v) is 4.96. The Morgan fingerprint density at radius 3 is 2.88 bits per heavy atom. The molecule has 0 spiro atoms. The summed E-state index contributed by atoms with van der Waals surface area (Å²) in [7, 11) is 0. The summed E-state index contributed by atoms with van der Waals surface area (Å²) in [5, 5.41) is 12.0. The number of fused-ring (bicyclic) bond motifs is 1. The lowest BCUT2D eigenvalue weighted by Gasteiger charge is -2.09. The highest BCUT2D eigenvalue weighted by Gasteiger charge is 2.21. The number of carbonyl (C=O) groups excluding carboxylic acids is 1. The Morgan fingerprint density at radius 1 is 1.36 bits per heavy atom. The van der Waals surface area contributed by atoms with Crippen molar-refractivity contribution in [2.75, 3.05) is 0 Å². The molecular formula is C18H22N6O. The smallest absolute Gasteiger partial charge is 0.272 e. The molecule has 1 N–H and O–H groups in total. The zero-order valence-corrected chi connectivity index (χ0v) is 14.6. The zero-order chi connectivity index (χ0) is 17.4. The highest BCUT2D eigenvalue weighted by molar-refractivity contribution is 5.93. The SMILES string of the molecule is CCn1ncc(-c2ccnc3cc(C(=O)NC4CCCC4)nn23)c1C. The third kappa shape index (κ3) is 2.79. The molecule has 0 bridgehead atoms. The number of aromatic nitrogens is 5. The Labute approximate surface area is 146 Å². The second kappa shape index (κ2) is 6.31. The Balaban J connectivity index is 1.71. The maximum Gasteiger partial charge on any atom is 0.272 e. The molecule has 0 aliphatic heterocycles. The molecule has 1 saturated carbocycles. The van der Waals surface area contributed by atoms with Gasteiger partial charge in [-0.25, -0.2) is 9.50 Å². The number of nitrogens with zero attached hydrogens (tertiary/aromatic N) is 5. The molecule has 0 aromatic carbocycles. The van der Waals surface area contributed by atoms with Crippen molar-refractivity contribution in [1.29, 1.82) is 0 Å². The van der Waals surface area contributed by atoms with Gasteiger partial charge in [0, 0.05) is 36.1 Å². The van der Waals surface area contributed by atoms with Crippen LogP contribution in [0.25, 0.3) is 16.9 Å². The summed E-state index contributed by atoms with van der Waals surface area (Å²) < 4.78 is 3.67. The molecule has 1 aliphatic carbocycles. The minimum absolute atomic E-state index is 0.121. The quantitative estimate of drug-likeness (QED) is 0.793. The predicted octanol–water partition coefficient (Wildman–Crippen LogP) is 2.59. The number of nitrogens with one attached hydrogen (secondary N) is 1. The summed E-state index contributed by atoms with van der Waals surface area (Å²) in [6.07, 6.45) is 8.06. The maximum atomic E-state index is 12.5. The van der Waals surface area contributed by atoms with Crippen molar-refractivity contribution in [2.24, 2.45) is 0 Å². The van der Waals surface area contributed by atoms with Crippen LogP contribution in [0.1, 0.15) is 48.8 Å². The molecular weight excluding hydrogens is 316 g/mol. The van der Waals surface area contributed by atoms with Gasteiger partial charge in [-0.15, -0.1) is 0 Å². The minimum Gasteiger partial charge on any atom is -0.348 e. The lowest BCUT2D eigenvalue weighted by Crippen LogP contribution is -2.32. The minimum atomic E-state index is -0.121. The largest absolute Gasteiger partial charge is 0.348 e. The monoisotopic (exact) mass is 338 g/mol. The standard InChI is InChI=1S/C18H22N6O/c1-3-23-12(2)14(11-20-23)16-8-9-19-17-10-15(22-24(16)17)18(25)21-13-6-4-5-7-13/h8-11,13H,3-7H2,1-2H3,(H,21,25). The summed E-state index contributed by atoms with van der Waals surface area (Å²) in [5.41, 5.74) is 4.04. The molecule has 0 saturated heterocycles. The highest BCUT2D eigenvalue weighted by Crippen LogP contribution is 2.24. The molecule has 25 heavy (non-hydrogen) atoms. The zero-order valence-electron chi connectivity index (χ0n) is 14.6. The van der Waals surface area contributed by atoms with Gasteiger partial charge < -0.3 is 5.32 Å². The molecule has 7 nitrogen and oxygen atoms in total. The molecule has 0 unspecified atom stereocenters. The number of rotatable bonds is 4. The Kier molecular flexibility index (Phi) is 3.99. The molecule has 0 atom stereocenters. The third-order valence-electron chi connectivity index (χ3n) is 4.96. The molecule has 1 fully saturated rings. The fourth-order valence-corrected chi connectivity index (χ4v) is 3.56. The van der Waals surface area contributed by atoms with E-state index < -0.39 is 0 Å². The molecule has 1 amide bonds. The van der Waals surface area contributed by atoms with Gasteiger partial charge in [0.05, 0.1) is 11.9 Å². The van der Waals surface area contributed by atoms with E-state index >= 15 is 0 Å². The molecule has 3 aromatic rings. The molecule has 130 valence electrons. The van der Waals surface area contributed by atoms with Gasteiger partial charge in [-0.1, -0.05) is 12.8 Å². The average Bonchev–Trinajstić information content (AvgIpc) is 3.33.